The molecule has 0 N–H and O–H groups in total. The fourth-order valence-corrected chi connectivity index (χ4v) is 4.01. The lowest BCUT2D eigenvalue weighted by Gasteiger charge is -2.24. The predicted molar refractivity (Wildman–Crippen MR) is 125 cm³/mol. The van der Waals surface area contributed by atoms with Crippen LogP contribution < -0.4 is 11.2 Å². The molecule has 0 saturated carbocycles. The summed E-state index contributed by atoms with van der Waals surface area (Å²) in [6.45, 7) is 4.43. The van der Waals surface area contributed by atoms with Gasteiger partial charge in [0.25, 0.3) is 5.56 Å². The van der Waals surface area contributed by atoms with Gasteiger partial charge in [0.2, 0.25) is 0 Å². The van der Waals surface area contributed by atoms with Crippen molar-refractivity contribution in [3.8, 4) is 0 Å². The summed E-state index contributed by atoms with van der Waals surface area (Å²) in [7, 11) is 0. The molecule has 0 aliphatic carbocycles. The van der Waals surface area contributed by atoms with Gasteiger partial charge in [-0.25, -0.2) is 9.36 Å². The molecule has 0 bridgehead atoms. The summed E-state index contributed by atoms with van der Waals surface area (Å²) in [5, 5.41) is 0. The standard InChI is InChI=1S/C27H26N2O2/c1-20(2)24-18-25(30)29(27(31)28(24)19-21-12-6-3-7-13-21)26(22-14-8-4-9-15-22)23-16-10-5-11-17-23/h3-18,20,26H,19H2,1-2H3. The van der Waals surface area contributed by atoms with Crippen LogP contribution in [0, 0.1) is 0 Å². The Kier molecular flexibility index (Phi) is 5.99. The molecular weight excluding hydrogens is 384 g/mol. The van der Waals surface area contributed by atoms with Gasteiger partial charge in [-0.15, -0.1) is 0 Å². The maximum absolute atomic E-state index is 13.8. The zero-order valence-corrected chi connectivity index (χ0v) is 17.8. The molecule has 0 saturated heterocycles. The molecule has 0 radical (unpaired) electrons. The Morgan fingerprint density at radius 1 is 0.710 bits per heavy atom. The van der Waals surface area contributed by atoms with Crippen LogP contribution in [0.5, 0.6) is 0 Å². The zero-order valence-electron chi connectivity index (χ0n) is 17.8. The van der Waals surface area contributed by atoms with Gasteiger partial charge in [0.15, 0.2) is 0 Å². The molecule has 31 heavy (non-hydrogen) atoms. The maximum atomic E-state index is 13.8. The van der Waals surface area contributed by atoms with Crippen LogP contribution in [0.3, 0.4) is 0 Å². The fourth-order valence-electron chi connectivity index (χ4n) is 4.01. The second-order valence-electron chi connectivity index (χ2n) is 8.01. The van der Waals surface area contributed by atoms with Crippen LogP contribution in [-0.2, 0) is 6.54 Å². The number of aromatic nitrogens is 2. The first-order chi connectivity index (χ1) is 15.1. The number of rotatable bonds is 6. The third kappa shape index (κ3) is 4.29. The molecule has 0 spiro atoms. The van der Waals surface area contributed by atoms with Crippen LogP contribution in [-0.4, -0.2) is 9.13 Å². The van der Waals surface area contributed by atoms with E-state index < -0.39 is 6.04 Å². The van der Waals surface area contributed by atoms with E-state index >= 15 is 0 Å². The molecule has 0 unspecified atom stereocenters. The van der Waals surface area contributed by atoms with Crippen LogP contribution in [0.15, 0.2) is 107 Å². The van der Waals surface area contributed by atoms with E-state index in [4.69, 9.17) is 0 Å². The average molecular weight is 411 g/mol. The van der Waals surface area contributed by atoms with Gasteiger partial charge in [-0.05, 0) is 22.6 Å². The number of hydrogen-bond acceptors (Lipinski definition) is 2. The Morgan fingerprint density at radius 2 is 1.19 bits per heavy atom. The molecule has 4 aromatic rings. The van der Waals surface area contributed by atoms with Gasteiger partial charge in [-0.3, -0.25) is 9.36 Å². The molecule has 0 aliphatic heterocycles. The van der Waals surface area contributed by atoms with Crippen molar-refractivity contribution in [2.24, 2.45) is 0 Å². The largest absolute Gasteiger partial charge is 0.332 e. The zero-order chi connectivity index (χ0) is 21.8. The van der Waals surface area contributed by atoms with Crippen molar-refractivity contribution in [2.75, 3.05) is 0 Å². The highest BCUT2D eigenvalue weighted by molar-refractivity contribution is 5.33. The van der Waals surface area contributed by atoms with Crippen LogP contribution in [0.25, 0.3) is 0 Å². The van der Waals surface area contributed by atoms with E-state index in [1.165, 1.54) is 4.57 Å². The Morgan fingerprint density at radius 3 is 1.68 bits per heavy atom. The van der Waals surface area contributed by atoms with Crippen LogP contribution in [0.1, 0.15) is 48.2 Å². The third-order valence-electron chi connectivity index (χ3n) is 5.52. The molecule has 0 amide bonds. The van der Waals surface area contributed by atoms with Crippen molar-refractivity contribution in [1.82, 2.24) is 9.13 Å². The molecule has 4 rings (SSSR count). The van der Waals surface area contributed by atoms with Gasteiger partial charge >= 0.3 is 5.69 Å². The van der Waals surface area contributed by atoms with Crippen LogP contribution >= 0.6 is 0 Å². The minimum absolute atomic E-state index is 0.0469. The van der Waals surface area contributed by atoms with E-state index in [2.05, 4.69) is 0 Å². The molecule has 1 heterocycles. The Hall–Kier alpha value is -3.66. The van der Waals surface area contributed by atoms with Gasteiger partial charge < -0.3 is 0 Å². The monoisotopic (exact) mass is 410 g/mol. The minimum Gasteiger partial charge on any atom is -0.293 e. The van der Waals surface area contributed by atoms with Crippen LogP contribution in [0.2, 0.25) is 0 Å². The molecular formula is C27H26N2O2. The van der Waals surface area contributed by atoms with Crippen molar-refractivity contribution < 1.29 is 0 Å². The first-order valence-corrected chi connectivity index (χ1v) is 10.6. The Balaban J connectivity index is 1.97. The Labute approximate surface area is 182 Å². The normalized spacial score (nSPS) is 11.2. The highest BCUT2D eigenvalue weighted by Gasteiger charge is 2.23. The third-order valence-corrected chi connectivity index (χ3v) is 5.52. The molecule has 1 aromatic heterocycles. The smallest absolute Gasteiger partial charge is 0.293 e. The topological polar surface area (TPSA) is 44.0 Å². The van der Waals surface area contributed by atoms with E-state index in [0.29, 0.717) is 6.54 Å². The molecule has 0 atom stereocenters. The second kappa shape index (κ2) is 9.00. The van der Waals surface area contributed by atoms with E-state index in [9.17, 15) is 9.59 Å². The first kappa shape index (κ1) is 20.6. The van der Waals surface area contributed by atoms with E-state index in [1.54, 1.807) is 10.6 Å². The van der Waals surface area contributed by atoms with E-state index in [1.807, 2.05) is 105 Å². The van der Waals surface area contributed by atoms with Crippen LogP contribution in [0.4, 0.5) is 0 Å². The predicted octanol–water partition coefficient (Wildman–Crippen LogP) is 4.82. The lowest BCUT2D eigenvalue weighted by molar-refractivity contribution is 0.532. The molecule has 0 aliphatic rings. The number of nitrogens with zero attached hydrogens (tertiary/aromatic N) is 2. The summed E-state index contributed by atoms with van der Waals surface area (Å²) in [5.41, 5.74) is 2.99. The highest BCUT2D eigenvalue weighted by Crippen LogP contribution is 2.24. The van der Waals surface area contributed by atoms with Crippen molar-refractivity contribution in [2.45, 2.75) is 32.4 Å². The second-order valence-corrected chi connectivity index (χ2v) is 8.01. The summed E-state index contributed by atoms with van der Waals surface area (Å²) in [6.07, 6.45) is 0. The van der Waals surface area contributed by atoms with Gasteiger partial charge in [-0.1, -0.05) is 105 Å². The van der Waals surface area contributed by atoms with Gasteiger partial charge in [-0.2, -0.15) is 0 Å². The first-order valence-electron chi connectivity index (χ1n) is 10.6. The summed E-state index contributed by atoms with van der Waals surface area (Å²) < 4.78 is 3.12. The minimum atomic E-state index is -0.495. The number of hydrogen-bond donors (Lipinski definition) is 0. The molecule has 3 aromatic carbocycles. The quantitative estimate of drug-likeness (QED) is 0.457. The lowest BCUT2D eigenvalue weighted by atomic mass is 9.98. The summed E-state index contributed by atoms with van der Waals surface area (Å²) in [5.74, 6) is 0.0469. The average Bonchev–Trinajstić information content (AvgIpc) is 2.80. The lowest BCUT2D eigenvalue weighted by Crippen LogP contribution is -2.44. The molecule has 4 heteroatoms. The molecule has 0 fully saturated rings. The van der Waals surface area contributed by atoms with E-state index in [-0.39, 0.29) is 17.2 Å². The number of benzene rings is 3. The van der Waals surface area contributed by atoms with Gasteiger partial charge in [0.1, 0.15) is 0 Å². The van der Waals surface area contributed by atoms with Crippen molar-refractivity contribution >= 4 is 0 Å². The van der Waals surface area contributed by atoms with Crippen molar-refractivity contribution in [1.29, 1.82) is 0 Å². The van der Waals surface area contributed by atoms with Gasteiger partial charge in [0.05, 0.1) is 12.6 Å². The van der Waals surface area contributed by atoms with Gasteiger partial charge in [0, 0.05) is 11.8 Å². The van der Waals surface area contributed by atoms with Crippen molar-refractivity contribution in [3.63, 3.8) is 0 Å². The maximum Gasteiger partial charge on any atom is 0.332 e. The fraction of sp³-hybridized carbons (Fsp3) is 0.185. The summed E-state index contributed by atoms with van der Waals surface area (Å²) in [6, 6.07) is 30.4. The van der Waals surface area contributed by atoms with Crippen molar-refractivity contribution in [3.05, 3.63) is 140 Å². The molecule has 4 nitrogen and oxygen atoms in total. The summed E-state index contributed by atoms with van der Waals surface area (Å²) >= 11 is 0. The summed E-state index contributed by atoms with van der Waals surface area (Å²) in [4.78, 5) is 27.1. The molecule has 156 valence electrons. The Bertz CT molecular complexity index is 1220. The van der Waals surface area contributed by atoms with E-state index in [0.717, 1.165) is 22.4 Å². The highest BCUT2D eigenvalue weighted by atomic mass is 16.2. The SMILES string of the molecule is CC(C)c1cc(=O)n(C(c2ccccc2)c2ccccc2)c(=O)n1Cc1ccccc1.